The highest BCUT2D eigenvalue weighted by molar-refractivity contribution is 4.81. The Morgan fingerprint density at radius 1 is 0.579 bits per heavy atom. The van der Waals surface area contributed by atoms with Crippen LogP contribution in [0.5, 0.6) is 0 Å². The monoisotopic (exact) mass is 266 g/mol. The maximum absolute atomic E-state index is 2.41. The van der Waals surface area contributed by atoms with Gasteiger partial charge < -0.3 is 0 Å². The zero-order valence-electron chi connectivity index (χ0n) is 13.9. The Morgan fingerprint density at radius 3 is 1.95 bits per heavy atom. The molecule has 0 saturated heterocycles. The lowest BCUT2D eigenvalue weighted by atomic mass is 9.91. The van der Waals surface area contributed by atoms with Crippen molar-refractivity contribution in [2.24, 2.45) is 5.92 Å². The maximum atomic E-state index is 2.41. The molecular weight excluding hydrogens is 228 g/mol. The molecule has 0 radical (unpaired) electrons. The van der Waals surface area contributed by atoms with Crippen LogP contribution in [0, 0.1) is 5.92 Å². The molecule has 0 aliphatic rings. The molecule has 1 unspecified atom stereocenters. The first-order valence-corrected chi connectivity index (χ1v) is 9.00. The van der Waals surface area contributed by atoms with Crippen molar-refractivity contribution in [3.8, 4) is 0 Å². The van der Waals surface area contributed by atoms with E-state index in [0.717, 1.165) is 5.92 Å². The van der Waals surface area contributed by atoms with Gasteiger partial charge in [-0.05, 0) is 25.2 Å². The third-order valence-corrected chi connectivity index (χ3v) is 4.03. The van der Waals surface area contributed by atoms with Crippen LogP contribution in [0.2, 0.25) is 0 Å². The average Bonchev–Trinajstić information content (AvgIpc) is 2.42. The van der Waals surface area contributed by atoms with Crippen LogP contribution in [0.15, 0.2) is 12.2 Å². The predicted octanol–water partition coefficient (Wildman–Crippen LogP) is 7.29. The Bertz CT molecular complexity index is 180. The van der Waals surface area contributed by atoms with Gasteiger partial charge in [0, 0.05) is 0 Å². The van der Waals surface area contributed by atoms with E-state index in [1.54, 1.807) is 0 Å². The van der Waals surface area contributed by atoms with Gasteiger partial charge >= 0.3 is 0 Å². The van der Waals surface area contributed by atoms with Crippen LogP contribution in [-0.2, 0) is 0 Å². The Morgan fingerprint density at radius 2 is 1.26 bits per heavy atom. The summed E-state index contributed by atoms with van der Waals surface area (Å²) in [5.74, 6) is 0.988. The Labute approximate surface area is 123 Å². The molecule has 0 aliphatic carbocycles. The molecule has 114 valence electrons. The summed E-state index contributed by atoms with van der Waals surface area (Å²) < 4.78 is 0. The fourth-order valence-corrected chi connectivity index (χ4v) is 2.79. The lowest BCUT2D eigenvalue weighted by molar-refractivity contribution is 0.397. The van der Waals surface area contributed by atoms with Gasteiger partial charge in [-0.2, -0.15) is 0 Å². The van der Waals surface area contributed by atoms with Gasteiger partial charge in [0.15, 0.2) is 0 Å². The Balaban J connectivity index is 3.55. The van der Waals surface area contributed by atoms with E-state index in [-0.39, 0.29) is 0 Å². The topological polar surface area (TPSA) is 0 Å². The van der Waals surface area contributed by atoms with E-state index >= 15 is 0 Å². The molecule has 0 nitrogen and oxygen atoms in total. The summed E-state index contributed by atoms with van der Waals surface area (Å²) in [6.45, 7) is 6.88. The summed E-state index contributed by atoms with van der Waals surface area (Å²) in [5.41, 5.74) is 0. The van der Waals surface area contributed by atoms with E-state index in [2.05, 4.69) is 32.9 Å². The normalized spacial score (nSPS) is 13.2. The van der Waals surface area contributed by atoms with Crippen LogP contribution in [0.4, 0.5) is 0 Å². The second-order valence-corrected chi connectivity index (χ2v) is 6.05. The SMILES string of the molecule is CCCC=CCCC(CCC)CCCCCCCC. The maximum Gasteiger partial charge on any atom is -0.0348 e. The molecule has 0 aromatic carbocycles. The van der Waals surface area contributed by atoms with Crippen molar-refractivity contribution in [3.05, 3.63) is 12.2 Å². The van der Waals surface area contributed by atoms with Gasteiger partial charge in [-0.15, -0.1) is 0 Å². The number of rotatable bonds is 14. The molecule has 0 fully saturated rings. The Hall–Kier alpha value is -0.260. The molecule has 0 aromatic heterocycles. The molecule has 1 atom stereocenters. The van der Waals surface area contributed by atoms with Crippen LogP contribution in [0.1, 0.15) is 104 Å². The van der Waals surface area contributed by atoms with E-state index in [4.69, 9.17) is 0 Å². The first-order chi connectivity index (χ1) is 9.35. The van der Waals surface area contributed by atoms with Gasteiger partial charge in [0.2, 0.25) is 0 Å². The van der Waals surface area contributed by atoms with Crippen molar-refractivity contribution in [1.29, 1.82) is 0 Å². The number of unbranched alkanes of at least 4 members (excludes halogenated alkanes) is 6. The Kier molecular flexibility index (Phi) is 15.6. The van der Waals surface area contributed by atoms with E-state index in [0.29, 0.717) is 0 Å². The first-order valence-electron chi connectivity index (χ1n) is 9.00. The van der Waals surface area contributed by atoms with E-state index < -0.39 is 0 Å². The molecule has 0 rings (SSSR count). The van der Waals surface area contributed by atoms with Crippen LogP contribution >= 0.6 is 0 Å². The molecule has 0 heteroatoms. The van der Waals surface area contributed by atoms with Crippen molar-refractivity contribution in [1.82, 2.24) is 0 Å². The number of allylic oxidation sites excluding steroid dienone is 2. The van der Waals surface area contributed by atoms with Gasteiger partial charge in [0.25, 0.3) is 0 Å². The summed E-state index contributed by atoms with van der Waals surface area (Å²) in [5, 5.41) is 0. The molecule has 0 spiro atoms. The standard InChI is InChI=1S/C19H38/c1-4-7-9-11-13-15-18-19(16-6-3)17-14-12-10-8-5-2/h10,12,19H,4-9,11,13-18H2,1-3H3. The second-order valence-electron chi connectivity index (χ2n) is 6.05. The highest BCUT2D eigenvalue weighted by atomic mass is 14.1. The minimum absolute atomic E-state index is 0.988. The quantitative estimate of drug-likeness (QED) is 0.229. The third-order valence-electron chi connectivity index (χ3n) is 4.03. The fraction of sp³-hybridized carbons (Fsp3) is 0.895. The fourth-order valence-electron chi connectivity index (χ4n) is 2.79. The molecule has 0 saturated carbocycles. The van der Waals surface area contributed by atoms with Gasteiger partial charge in [0.05, 0.1) is 0 Å². The number of hydrogen-bond donors (Lipinski definition) is 0. The highest BCUT2D eigenvalue weighted by Gasteiger charge is 2.06. The van der Waals surface area contributed by atoms with Crippen molar-refractivity contribution in [2.45, 2.75) is 104 Å². The summed E-state index contributed by atoms with van der Waals surface area (Å²) in [6.07, 6.45) is 23.0. The van der Waals surface area contributed by atoms with Crippen molar-refractivity contribution in [3.63, 3.8) is 0 Å². The second kappa shape index (κ2) is 15.8. The minimum Gasteiger partial charge on any atom is -0.0885 e. The van der Waals surface area contributed by atoms with Gasteiger partial charge in [-0.3, -0.25) is 0 Å². The first kappa shape index (κ1) is 18.7. The highest BCUT2D eigenvalue weighted by Crippen LogP contribution is 2.21. The lowest BCUT2D eigenvalue weighted by Gasteiger charge is -2.15. The van der Waals surface area contributed by atoms with E-state index in [1.807, 2.05) is 0 Å². The zero-order valence-corrected chi connectivity index (χ0v) is 13.9. The molecule has 0 amide bonds. The zero-order chi connectivity index (χ0) is 14.2. The summed E-state index contributed by atoms with van der Waals surface area (Å²) in [6, 6.07) is 0. The van der Waals surface area contributed by atoms with E-state index in [1.165, 1.54) is 83.5 Å². The van der Waals surface area contributed by atoms with Crippen LogP contribution in [0.3, 0.4) is 0 Å². The van der Waals surface area contributed by atoms with Gasteiger partial charge in [-0.1, -0.05) is 97.1 Å². The molecule has 0 N–H and O–H groups in total. The lowest BCUT2D eigenvalue weighted by Crippen LogP contribution is -2.00. The van der Waals surface area contributed by atoms with Crippen LogP contribution in [0.25, 0.3) is 0 Å². The summed E-state index contributed by atoms with van der Waals surface area (Å²) >= 11 is 0. The van der Waals surface area contributed by atoms with Crippen molar-refractivity contribution in [2.75, 3.05) is 0 Å². The van der Waals surface area contributed by atoms with Gasteiger partial charge in [0.1, 0.15) is 0 Å². The van der Waals surface area contributed by atoms with Gasteiger partial charge in [-0.25, -0.2) is 0 Å². The molecule has 19 heavy (non-hydrogen) atoms. The minimum atomic E-state index is 0.988. The summed E-state index contributed by atoms with van der Waals surface area (Å²) in [4.78, 5) is 0. The molecule has 0 aliphatic heterocycles. The van der Waals surface area contributed by atoms with Crippen molar-refractivity contribution >= 4 is 0 Å². The van der Waals surface area contributed by atoms with Crippen LogP contribution < -0.4 is 0 Å². The van der Waals surface area contributed by atoms with Crippen molar-refractivity contribution < 1.29 is 0 Å². The third kappa shape index (κ3) is 14.0. The molecule has 0 aromatic rings. The largest absolute Gasteiger partial charge is 0.0885 e. The predicted molar refractivity (Wildman–Crippen MR) is 89.7 cm³/mol. The molecular formula is C19H38. The molecule has 0 heterocycles. The van der Waals surface area contributed by atoms with Crippen LogP contribution in [-0.4, -0.2) is 0 Å². The average molecular weight is 267 g/mol. The summed E-state index contributed by atoms with van der Waals surface area (Å²) in [7, 11) is 0. The molecule has 0 bridgehead atoms. The number of hydrogen-bond acceptors (Lipinski definition) is 0. The smallest absolute Gasteiger partial charge is 0.0348 e. The van der Waals surface area contributed by atoms with E-state index in [9.17, 15) is 0 Å².